The van der Waals surface area contributed by atoms with Crippen molar-refractivity contribution in [3.8, 4) is 0 Å². The first kappa shape index (κ1) is 31.5. The molecule has 0 saturated heterocycles. The van der Waals surface area contributed by atoms with Gasteiger partial charge in [0.1, 0.15) is 0 Å². The minimum absolute atomic E-state index is 0.0502. The van der Waals surface area contributed by atoms with E-state index in [1.165, 1.54) is 16.7 Å². The van der Waals surface area contributed by atoms with Gasteiger partial charge in [-0.05, 0) is 62.4 Å². The summed E-state index contributed by atoms with van der Waals surface area (Å²) >= 11 is 8.51. The summed E-state index contributed by atoms with van der Waals surface area (Å²) in [5.41, 5.74) is 0. The minimum atomic E-state index is -2.01. The molecule has 1 aromatic carbocycles. The van der Waals surface area contributed by atoms with Gasteiger partial charge in [0.15, 0.2) is 14.1 Å². The van der Waals surface area contributed by atoms with E-state index in [-0.39, 0.29) is 34.7 Å². The van der Waals surface area contributed by atoms with Crippen molar-refractivity contribution < 1.29 is 18.8 Å². The summed E-state index contributed by atoms with van der Waals surface area (Å²) in [5, 5.41) is 2.07. The molecule has 212 valence electrons. The molecule has 0 N–H and O–H groups in total. The first-order valence-corrected chi connectivity index (χ1v) is 18.0. The van der Waals surface area contributed by atoms with Crippen LogP contribution >= 0.6 is 22.9 Å². The molecule has 0 bridgehead atoms. The van der Waals surface area contributed by atoms with Gasteiger partial charge >= 0.3 is 5.97 Å². The van der Waals surface area contributed by atoms with Gasteiger partial charge in [0, 0.05) is 33.2 Å². The number of esters is 1. The lowest BCUT2D eigenvalue weighted by atomic mass is 9.90. The monoisotopic (exact) mass is 586 g/mol. The highest BCUT2D eigenvalue weighted by atomic mass is 35.5. The van der Waals surface area contributed by atoms with Crippen LogP contribution in [0.1, 0.15) is 57.8 Å². The maximum absolute atomic E-state index is 12.6. The van der Waals surface area contributed by atoms with E-state index >= 15 is 0 Å². The molecule has 1 aliphatic carbocycles. The van der Waals surface area contributed by atoms with Gasteiger partial charge < -0.3 is 9.16 Å². The lowest BCUT2D eigenvalue weighted by Crippen LogP contribution is -2.43. The highest BCUT2D eigenvalue weighted by Crippen LogP contribution is 2.40. The van der Waals surface area contributed by atoms with Gasteiger partial charge in [-0.15, -0.1) is 11.3 Å². The topological polar surface area (TPSA) is 52.6 Å². The Labute approximate surface area is 244 Å². The van der Waals surface area contributed by atoms with Crippen LogP contribution in [0.4, 0.5) is 0 Å². The number of allylic oxidation sites excluding steroid dienone is 5. The van der Waals surface area contributed by atoms with E-state index < -0.39 is 8.32 Å². The first-order valence-electron chi connectivity index (χ1n) is 13.9. The molecule has 39 heavy (non-hydrogen) atoms. The number of benzene rings is 1. The Hall–Kier alpha value is -1.99. The number of rotatable bonds is 13. The van der Waals surface area contributed by atoms with Crippen molar-refractivity contribution in [2.24, 2.45) is 11.8 Å². The molecule has 1 aromatic heterocycles. The third-order valence-corrected chi connectivity index (χ3v) is 14.2. The van der Waals surface area contributed by atoms with E-state index in [1.54, 1.807) is 17.4 Å². The second kappa shape index (κ2) is 14.1. The van der Waals surface area contributed by atoms with Crippen LogP contribution in [0.25, 0.3) is 10.1 Å². The fourth-order valence-electron chi connectivity index (χ4n) is 4.45. The Morgan fingerprint density at radius 2 is 1.95 bits per heavy atom. The van der Waals surface area contributed by atoms with Crippen molar-refractivity contribution in [3.63, 3.8) is 0 Å². The fourth-order valence-corrected chi connectivity index (χ4v) is 7.30. The van der Waals surface area contributed by atoms with E-state index in [9.17, 15) is 9.59 Å². The summed E-state index contributed by atoms with van der Waals surface area (Å²) in [6.07, 6.45) is 16.5. The smallest absolute Gasteiger partial charge is 0.305 e. The molecule has 0 spiro atoms. The van der Waals surface area contributed by atoms with Gasteiger partial charge in [0.05, 0.1) is 18.2 Å². The van der Waals surface area contributed by atoms with E-state index in [1.807, 2.05) is 12.1 Å². The SMILES string of the molecule is COC(=O)CCCC=CC[C@H]1C(=O)C=C[C@@H]1C=CC(CCc1sc2ccccc2c1Cl)O[Si](C)(C)C(C)(C)C. The molecule has 1 aliphatic rings. The quantitative estimate of drug-likeness (QED) is 0.102. The number of hydrogen-bond donors (Lipinski definition) is 0. The molecule has 2 aromatic rings. The molecule has 0 amide bonds. The number of carbonyl (C=O) groups is 2. The van der Waals surface area contributed by atoms with Crippen LogP contribution in [0.15, 0.2) is 60.7 Å². The van der Waals surface area contributed by atoms with E-state index in [0.717, 1.165) is 36.1 Å². The van der Waals surface area contributed by atoms with Crippen LogP contribution in [-0.2, 0) is 25.2 Å². The molecular formula is C32H43ClO4SSi. The second-order valence-corrected chi connectivity index (χ2v) is 18.1. The number of hydrogen-bond acceptors (Lipinski definition) is 5. The van der Waals surface area contributed by atoms with Gasteiger partial charge in [-0.3, -0.25) is 9.59 Å². The van der Waals surface area contributed by atoms with Crippen molar-refractivity contribution >= 4 is 53.1 Å². The highest BCUT2D eigenvalue weighted by Gasteiger charge is 2.39. The third-order valence-electron chi connectivity index (χ3n) is 7.91. The molecule has 0 fully saturated rings. The average Bonchev–Trinajstić information content (AvgIpc) is 3.40. The number of fused-ring (bicyclic) bond motifs is 1. The second-order valence-electron chi connectivity index (χ2n) is 11.8. The fraction of sp³-hybridized carbons (Fsp3) is 0.500. The number of carbonyl (C=O) groups excluding carboxylic acids is 2. The Balaban J connectivity index is 1.69. The van der Waals surface area contributed by atoms with Crippen molar-refractivity contribution in [3.05, 3.63) is 70.6 Å². The lowest BCUT2D eigenvalue weighted by molar-refractivity contribution is -0.140. The van der Waals surface area contributed by atoms with E-state index in [2.05, 4.69) is 81.1 Å². The lowest BCUT2D eigenvalue weighted by Gasteiger charge is -2.38. The van der Waals surface area contributed by atoms with E-state index in [0.29, 0.717) is 12.8 Å². The molecule has 3 rings (SSSR count). The average molecular weight is 587 g/mol. The molecule has 0 aliphatic heterocycles. The summed E-state index contributed by atoms with van der Waals surface area (Å²) in [7, 11) is -0.605. The van der Waals surface area contributed by atoms with Crippen LogP contribution in [0.5, 0.6) is 0 Å². The maximum Gasteiger partial charge on any atom is 0.305 e. The summed E-state index contributed by atoms with van der Waals surface area (Å²) < 4.78 is 12.8. The largest absolute Gasteiger partial charge is 0.469 e. The van der Waals surface area contributed by atoms with E-state index in [4.69, 9.17) is 16.0 Å². The zero-order valence-electron chi connectivity index (χ0n) is 24.2. The molecule has 7 heteroatoms. The van der Waals surface area contributed by atoms with Crippen LogP contribution in [0.3, 0.4) is 0 Å². The molecule has 0 radical (unpaired) electrons. The number of aryl methyl sites for hydroxylation is 1. The number of methoxy groups -OCH3 is 1. The summed E-state index contributed by atoms with van der Waals surface area (Å²) in [5.74, 6) is -0.0602. The molecule has 4 nitrogen and oxygen atoms in total. The number of thiophene rings is 1. The first-order chi connectivity index (χ1) is 18.4. The molecule has 3 atom stereocenters. The van der Waals surface area contributed by atoms with Gasteiger partial charge in [-0.2, -0.15) is 0 Å². The summed E-state index contributed by atoms with van der Waals surface area (Å²) in [6.45, 7) is 11.3. The Morgan fingerprint density at radius 1 is 1.21 bits per heavy atom. The molecule has 1 unspecified atom stereocenters. The maximum atomic E-state index is 12.6. The van der Waals surface area contributed by atoms with Crippen LogP contribution in [0, 0.1) is 11.8 Å². The standard InChI is InChI=1S/C32H43ClO4SSi/c1-32(2,3)39(5,6)37-24(20-22-29-31(33)26-14-11-12-15-28(26)38-29)19-17-23-18-21-27(34)25(23)13-9-7-8-10-16-30(35)36-4/h7,9,11-12,14-15,17-19,21,23-25H,8,10,13,16,20,22H2,1-6H3/t23-,24?,25+/m0/s1. The van der Waals surface area contributed by atoms with Crippen LogP contribution in [-0.4, -0.2) is 33.3 Å². The molecule has 0 saturated carbocycles. The predicted molar refractivity (Wildman–Crippen MR) is 167 cm³/mol. The highest BCUT2D eigenvalue weighted by molar-refractivity contribution is 7.19. The predicted octanol–water partition coefficient (Wildman–Crippen LogP) is 9.09. The Morgan fingerprint density at radius 3 is 2.64 bits per heavy atom. The zero-order valence-corrected chi connectivity index (χ0v) is 26.7. The van der Waals surface area contributed by atoms with Crippen molar-refractivity contribution in [1.29, 1.82) is 0 Å². The van der Waals surface area contributed by atoms with Gasteiger partial charge in [-0.25, -0.2) is 0 Å². The summed E-state index contributed by atoms with van der Waals surface area (Å²) in [6, 6.07) is 8.28. The Kier molecular flexibility index (Phi) is 11.4. The third kappa shape index (κ3) is 8.74. The minimum Gasteiger partial charge on any atom is -0.469 e. The van der Waals surface area contributed by atoms with Crippen LogP contribution in [0.2, 0.25) is 23.2 Å². The molecule has 1 heterocycles. The number of halogens is 1. The molecular weight excluding hydrogens is 544 g/mol. The zero-order chi connectivity index (χ0) is 28.6. The normalized spacial score (nSPS) is 19.1. The van der Waals surface area contributed by atoms with Crippen molar-refractivity contribution in [2.45, 2.75) is 83.5 Å². The van der Waals surface area contributed by atoms with Crippen molar-refractivity contribution in [1.82, 2.24) is 0 Å². The number of ketones is 1. The van der Waals surface area contributed by atoms with Gasteiger partial charge in [-0.1, -0.05) is 81.0 Å². The summed E-state index contributed by atoms with van der Waals surface area (Å²) in [4.78, 5) is 25.1. The van der Waals surface area contributed by atoms with Gasteiger partial charge in [0.25, 0.3) is 0 Å². The Bertz CT molecular complexity index is 1220. The number of unbranched alkanes of at least 4 members (excludes halogenated alkanes) is 1. The number of ether oxygens (including phenoxy) is 1. The van der Waals surface area contributed by atoms with Gasteiger partial charge in [0.2, 0.25) is 0 Å². The van der Waals surface area contributed by atoms with Crippen LogP contribution < -0.4 is 0 Å². The van der Waals surface area contributed by atoms with Crippen molar-refractivity contribution in [2.75, 3.05) is 7.11 Å².